The molecule has 2 aromatic rings. The molecule has 0 unspecified atom stereocenters. The highest BCUT2D eigenvalue weighted by molar-refractivity contribution is 5.82. The van der Waals surface area contributed by atoms with Gasteiger partial charge < -0.3 is 20.1 Å². The topological polar surface area (TPSA) is 95.9 Å². The van der Waals surface area contributed by atoms with Crippen molar-refractivity contribution in [1.29, 1.82) is 0 Å². The molecule has 7 heteroatoms. The van der Waals surface area contributed by atoms with Crippen LogP contribution < -0.4 is 5.32 Å². The fraction of sp³-hybridized carbons (Fsp3) is 0.444. The van der Waals surface area contributed by atoms with Crippen LogP contribution in [0.1, 0.15) is 50.2 Å². The molecule has 2 aromatic carbocycles. The number of hydrogen-bond acceptors (Lipinski definition) is 4. The van der Waals surface area contributed by atoms with Gasteiger partial charge in [-0.1, -0.05) is 62.4 Å². The number of nitrogens with one attached hydrogen (secondary N) is 1. The van der Waals surface area contributed by atoms with Gasteiger partial charge in [-0.25, -0.2) is 4.79 Å². The predicted molar refractivity (Wildman–Crippen MR) is 128 cm³/mol. The first-order chi connectivity index (χ1) is 16.3. The molecule has 1 saturated carbocycles. The summed E-state index contributed by atoms with van der Waals surface area (Å²) in [7, 11) is 0. The van der Waals surface area contributed by atoms with Crippen LogP contribution in [0.5, 0.6) is 0 Å². The number of benzene rings is 2. The van der Waals surface area contributed by atoms with Gasteiger partial charge in [0.15, 0.2) is 0 Å². The van der Waals surface area contributed by atoms with E-state index >= 15 is 0 Å². The summed E-state index contributed by atoms with van der Waals surface area (Å²) in [4.78, 5) is 37.5. The minimum atomic E-state index is -1.00. The van der Waals surface area contributed by atoms with Crippen molar-refractivity contribution in [3.63, 3.8) is 0 Å². The lowest BCUT2D eigenvalue weighted by molar-refractivity contribution is -0.145. The zero-order chi connectivity index (χ0) is 24.2. The molecule has 0 spiro atoms. The summed E-state index contributed by atoms with van der Waals surface area (Å²) >= 11 is 0. The molecule has 2 aliphatic rings. The zero-order valence-electron chi connectivity index (χ0n) is 19.7. The lowest BCUT2D eigenvalue weighted by Gasteiger charge is -2.36. The Balaban J connectivity index is 1.24. The molecule has 2 aliphatic carbocycles. The number of fused-ring (bicyclic) bond motifs is 3. The molecule has 0 bridgehead atoms. The molecule has 0 heterocycles. The minimum absolute atomic E-state index is 0.0195. The van der Waals surface area contributed by atoms with E-state index in [-0.39, 0.29) is 42.9 Å². The van der Waals surface area contributed by atoms with Crippen LogP contribution in [-0.4, -0.2) is 53.7 Å². The van der Waals surface area contributed by atoms with Crippen molar-refractivity contribution in [2.45, 2.75) is 45.1 Å². The fourth-order valence-electron chi connectivity index (χ4n) is 5.06. The van der Waals surface area contributed by atoms with E-state index in [1.54, 1.807) is 0 Å². The van der Waals surface area contributed by atoms with E-state index in [4.69, 9.17) is 9.84 Å². The zero-order valence-corrected chi connectivity index (χ0v) is 19.7. The maximum Gasteiger partial charge on any atom is 0.407 e. The summed E-state index contributed by atoms with van der Waals surface area (Å²) in [6, 6.07) is 16.4. The maximum absolute atomic E-state index is 12.5. The van der Waals surface area contributed by atoms with Crippen molar-refractivity contribution in [3.05, 3.63) is 59.7 Å². The van der Waals surface area contributed by atoms with E-state index < -0.39 is 12.1 Å². The quantitative estimate of drug-likeness (QED) is 0.578. The van der Waals surface area contributed by atoms with Crippen molar-refractivity contribution in [1.82, 2.24) is 10.2 Å². The lowest BCUT2D eigenvalue weighted by atomic mass is 9.78. The van der Waals surface area contributed by atoms with E-state index in [1.165, 1.54) is 27.2 Å². The monoisotopic (exact) mass is 464 g/mol. The third-order valence-electron chi connectivity index (χ3n) is 6.63. The molecule has 2 amide bonds. The molecule has 0 aromatic heterocycles. The summed E-state index contributed by atoms with van der Waals surface area (Å²) in [5.74, 6) is -0.772. The fourth-order valence-corrected chi connectivity index (χ4v) is 5.06. The number of carboxylic acid groups (broad SMARTS) is 1. The third-order valence-corrected chi connectivity index (χ3v) is 6.63. The molecule has 0 aliphatic heterocycles. The summed E-state index contributed by atoms with van der Waals surface area (Å²) in [5.41, 5.74) is 4.72. The highest BCUT2D eigenvalue weighted by Gasteiger charge is 2.34. The second kappa shape index (κ2) is 10.3. The number of carbonyl (C=O) groups excluding carboxylic acids is 2. The summed E-state index contributed by atoms with van der Waals surface area (Å²) in [6.07, 6.45) is 1.25. The van der Waals surface area contributed by atoms with Gasteiger partial charge in [0, 0.05) is 24.9 Å². The van der Waals surface area contributed by atoms with Gasteiger partial charge in [-0.05, 0) is 46.9 Å². The van der Waals surface area contributed by atoms with Crippen molar-refractivity contribution >= 4 is 18.0 Å². The average Bonchev–Trinajstić information content (AvgIpc) is 3.09. The first-order valence-electron chi connectivity index (χ1n) is 11.9. The van der Waals surface area contributed by atoms with Crippen LogP contribution in [0, 0.1) is 11.8 Å². The van der Waals surface area contributed by atoms with Crippen LogP contribution in [0.2, 0.25) is 0 Å². The molecule has 0 saturated heterocycles. The molecule has 180 valence electrons. The highest BCUT2D eigenvalue weighted by atomic mass is 16.5. The van der Waals surface area contributed by atoms with Gasteiger partial charge in [-0.3, -0.25) is 9.59 Å². The molecule has 7 nitrogen and oxygen atoms in total. The summed E-state index contributed by atoms with van der Waals surface area (Å²) in [5, 5.41) is 12.0. The van der Waals surface area contributed by atoms with Gasteiger partial charge in [0.2, 0.25) is 5.91 Å². The Morgan fingerprint density at radius 2 is 1.62 bits per heavy atom. The number of hydrogen-bond donors (Lipinski definition) is 2. The van der Waals surface area contributed by atoms with Crippen molar-refractivity contribution in [3.8, 4) is 11.1 Å². The van der Waals surface area contributed by atoms with E-state index in [1.807, 2.05) is 38.1 Å². The molecule has 2 N–H and O–H groups in total. The standard InChI is InChI=1S/C27H32N2O5/c1-17(2)14-29(15-26(31)32)25(30)13-18-11-19(12-18)28-27(33)34-16-24-22-9-5-3-7-20(22)21-8-4-6-10-23(21)24/h3-10,17-19,24H,11-16H2,1-2H3,(H,28,33)(H,31,32). The Labute approximate surface area is 200 Å². The number of carbonyl (C=O) groups is 3. The van der Waals surface area contributed by atoms with Crippen molar-refractivity contribution < 1.29 is 24.2 Å². The Kier molecular flexibility index (Phi) is 7.20. The van der Waals surface area contributed by atoms with Crippen LogP contribution in [0.4, 0.5) is 4.79 Å². The van der Waals surface area contributed by atoms with Gasteiger partial charge in [0.05, 0.1) is 0 Å². The van der Waals surface area contributed by atoms with Crippen molar-refractivity contribution in [2.24, 2.45) is 11.8 Å². The van der Waals surface area contributed by atoms with E-state index in [2.05, 4.69) is 29.6 Å². The molecular formula is C27H32N2O5. The smallest absolute Gasteiger partial charge is 0.407 e. The number of aliphatic carboxylic acids is 1. The Hall–Kier alpha value is -3.35. The normalized spacial score (nSPS) is 18.6. The summed E-state index contributed by atoms with van der Waals surface area (Å²) in [6.45, 7) is 4.35. The maximum atomic E-state index is 12.5. The third kappa shape index (κ3) is 5.41. The van der Waals surface area contributed by atoms with Gasteiger partial charge >= 0.3 is 12.1 Å². The van der Waals surface area contributed by atoms with Crippen LogP contribution in [0.15, 0.2) is 48.5 Å². The number of amides is 2. The molecule has 0 atom stereocenters. The first-order valence-corrected chi connectivity index (χ1v) is 11.9. The summed E-state index contributed by atoms with van der Waals surface area (Å²) < 4.78 is 5.60. The second-order valence-electron chi connectivity index (χ2n) is 9.77. The second-order valence-corrected chi connectivity index (χ2v) is 9.77. The molecule has 4 rings (SSSR count). The minimum Gasteiger partial charge on any atom is -0.480 e. The van der Waals surface area contributed by atoms with Crippen LogP contribution in [0.3, 0.4) is 0 Å². The number of alkyl carbamates (subject to hydrolysis) is 1. The van der Waals surface area contributed by atoms with Gasteiger partial charge in [0.25, 0.3) is 0 Å². The average molecular weight is 465 g/mol. The number of nitrogens with zero attached hydrogens (tertiary/aromatic N) is 1. The van der Waals surface area contributed by atoms with Crippen LogP contribution in [-0.2, 0) is 14.3 Å². The van der Waals surface area contributed by atoms with Crippen LogP contribution >= 0.6 is 0 Å². The van der Waals surface area contributed by atoms with E-state index in [0.717, 1.165) is 0 Å². The Morgan fingerprint density at radius 1 is 1.03 bits per heavy atom. The molecular weight excluding hydrogens is 432 g/mol. The number of rotatable bonds is 9. The number of carboxylic acids is 1. The lowest BCUT2D eigenvalue weighted by Crippen LogP contribution is -2.47. The van der Waals surface area contributed by atoms with Crippen molar-refractivity contribution in [2.75, 3.05) is 19.7 Å². The number of ether oxygens (including phenoxy) is 1. The SMILES string of the molecule is CC(C)CN(CC(=O)O)C(=O)CC1CC(NC(=O)OCC2c3ccccc3-c3ccccc32)C1. The van der Waals surface area contributed by atoms with Gasteiger partial charge in [-0.15, -0.1) is 0 Å². The highest BCUT2D eigenvalue weighted by Crippen LogP contribution is 2.44. The first kappa shape index (κ1) is 23.8. The van der Waals surface area contributed by atoms with Gasteiger partial charge in [0.1, 0.15) is 13.2 Å². The Morgan fingerprint density at radius 3 is 2.18 bits per heavy atom. The predicted octanol–water partition coefficient (Wildman–Crippen LogP) is 4.26. The molecule has 1 fully saturated rings. The largest absolute Gasteiger partial charge is 0.480 e. The van der Waals surface area contributed by atoms with E-state index in [9.17, 15) is 14.4 Å². The Bertz CT molecular complexity index is 1010. The van der Waals surface area contributed by atoms with E-state index in [0.29, 0.717) is 25.8 Å². The molecule has 34 heavy (non-hydrogen) atoms. The van der Waals surface area contributed by atoms with Crippen LogP contribution in [0.25, 0.3) is 11.1 Å². The molecule has 0 radical (unpaired) electrons. The van der Waals surface area contributed by atoms with Gasteiger partial charge in [-0.2, -0.15) is 0 Å².